The van der Waals surface area contributed by atoms with Crippen LogP contribution in [0.25, 0.3) is 0 Å². The molecule has 7 nitrogen and oxygen atoms in total. The predicted molar refractivity (Wildman–Crippen MR) is 84.3 cm³/mol. The van der Waals surface area contributed by atoms with E-state index < -0.39 is 34.1 Å². The summed E-state index contributed by atoms with van der Waals surface area (Å²) in [5.41, 5.74) is -2.47. The molecular formula is C14H17FN2O5S2. The third-order valence-electron chi connectivity index (χ3n) is 4.40. The van der Waals surface area contributed by atoms with E-state index in [1.165, 1.54) is 15.8 Å². The Hall–Kier alpha value is -1.52. The van der Waals surface area contributed by atoms with Gasteiger partial charge < -0.3 is 10.0 Å². The summed E-state index contributed by atoms with van der Waals surface area (Å²) in [5.74, 6) is -2.24. The highest BCUT2D eigenvalue weighted by molar-refractivity contribution is 7.89. The maximum absolute atomic E-state index is 14.2. The van der Waals surface area contributed by atoms with Crippen LogP contribution in [0, 0.1) is 0 Å². The molecule has 1 N–H and O–H groups in total. The lowest BCUT2D eigenvalue weighted by molar-refractivity contribution is -0.149. The van der Waals surface area contributed by atoms with Gasteiger partial charge in [0.2, 0.25) is 15.7 Å². The highest BCUT2D eigenvalue weighted by Gasteiger charge is 2.47. The lowest BCUT2D eigenvalue weighted by atomic mass is 10.1. The highest BCUT2D eigenvalue weighted by Crippen LogP contribution is 2.32. The van der Waals surface area contributed by atoms with E-state index >= 15 is 0 Å². The monoisotopic (exact) mass is 376 g/mol. The van der Waals surface area contributed by atoms with Gasteiger partial charge in [0.25, 0.3) is 5.91 Å². The summed E-state index contributed by atoms with van der Waals surface area (Å²) in [6.07, 6.45) is 1.26. The number of carbonyl (C=O) groups excluding carboxylic acids is 1. The number of thiophene rings is 1. The van der Waals surface area contributed by atoms with Crippen LogP contribution in [0.5, 0.6) is 0 Å². The van der Waals surface area contributed by atoms with Gasteiger partial charge in [0.15, 0.2) is 0 Å². The number of halogens is 1. The van der Waals surface area contributed by atoms with Crippen LogP contribution < -0.4 is 0 Å². The van der Waals surface area contributed by atoms with Crippen molar-refractivity contribution in [1.82, 2.24) is 9.21 Å². The molecule has 0 radical (unpaired) electrons. The van der Waals surface area contributed by atoms with Gasteiger partial charge in [-0.1, -0.05) is 0 Å². The molecule has 0 spiro atoms. The van der Waals surface area contributed by atoms with Crippen molar-refractivity contribution in [2.45, 2.75) is 29.8 Å². The van der Waals surface area contributed by atoms with E-state index in [1.807, 2.05) is 0 Å². The maximum Gasteiger partial charge on any atom is 0.343 e. The van der Waals surface area contributed by atoms with E-state index in [0.717, 1.165) is 29.1 Å². The van der Waals surface area contributed by atoms with Gasteiger partial charge in [0.05, 0.1) is 6.54 Å². The van der Waals surface area contributed by atoms with Crippen molar-refractivity contribution in [1.29, 1.82) is 0 Å². The number of nitrogens with zero attached hydrogens (tertiary/aromatic N) is 2. The van der Waals surface area contributed by atoms with Gasteiger partial charge in [0.1, 0.15) is 9.77 Å². The number of likely N-dealkylation sites (tertiary alicyclic amines) is 1. The Morgan fingerprint density at radius 3 is 2.50 bits per heavy atom. The largest absolute Gasteiger partial charge is 0.479 e. The zero-order valence-corrected chi connectivity index (χ0v) is 14.4. The second-order valence-electron chi connectivity index (χ2n) is 5.97. The zero-order chi connectivity index (χ0) is 17.5. The quantitative estimate of drug-likeness (QED) is 0.851. The van der Waals surface area contributed by atoms with Gasteiger partial charge in [0, 0.05) is 26.1 Å². The molecule has 2 aliphatic rings. The van der Waals surface area contributed by atoms with Crippen LogP contribution in [0.4, 0.5) is 4.39 Å². The third kappa shape index (κ3) is 2.82. The SMILES string of the molecule is O=C(c1sccc1S(=O)(=O)N1CCCC1)N1CCC(F)(C(=O)O)C1. The summed E-state index contributed by atoms with van der Waals surface area (Å²) in [6.45, 7) is 0.218. The first-order valence-electron chi connectivity index (χ1n) is 7.55. The van der Waals surface area contributed by atoms with Crippen molar-refractivity contribution in [3.8, 4) is 0 Å². The Morgan fingerprint density at radius 1 is 1.25 bits per heavy atom. The minimum Gasteiger partial charge on any atom is -0.479 e. The molecular weight excluding hydrogens is 359 g/mol. The summed E-state index contributed by atoms with van der Waals surface area (Å²) in [6, 6.07) is 1.38. The number of hydrogen-bond acceptors (Lipinski definition) is 5. The number of aliphatic carboxylic acids is 1. The Kier molecular flexibility index (Phi) is 4.39. The van der Waals surface area contributed by atoms with Crippen molar-refractivity contribution < 1.29 is 27.5 Å². The molecule has 1 amide bonds. The van der Waals surface area contributed by atoms with E-state index in [4.69, 9.17) is 5.11 Å². The average Bonchev–Trinajstić information content (AvgIpc) is 3.27. The zero-order valence-electron chi connectivity index (χ0n) is 12.8. The molecule has 1 atom stereocenters. The van der Waals surface area contributed by atoms with Crippen molar-refractivity contribution in [3.05, 3.63) is 16.3 Å². The smallest absolute Gasteiger partial charge is 0.343 e. The lowest BCUT2D eigenvalue weighted by Gasteiger charge is -2.19. The molecule has 24 heavy (non-hydrogen) atoms. The van der Waals surface area contributed by atoms with Gasteiger partial charge in [-0.25, -0.2) is 17.6 Å². The Labute approximate surface area is 142 Å². The first-order valence-corrected chi connectivity index (χ1v) is 9.87. The average molecular weight is 376 g/mol. The minimum atomic E-state index is -3.76. The fourth-order valence-electron chi connectivity index (χ4n) is 2.99. The van der Waals surface area contributed by atoms with Crippen LogP contribution in [0.3, 0.4) is 0 Å². The summed E-state index contributed by atoms with van der Waals surface area (Å²) in [4.78, 5) is 24.6. The van der Waals surface area contributed by atoms with E-state index in [9.17, 15) is 22.4 Å². The van der Waals surface area contributed by atoms with Crippen LogP contribution in [-0.4, -0.2) is 66.5 Å². The van der Waals surface area contributed by atoms with Crippen LogP contribution in [-0.2, 0) is 14.8 Å². The van der Waals surface area contributed by atoms with Crippen molar-refractivity contribution in [2.75, 3.05) is 26.2 Å². The van der Waals surface area contributed by atoms with E-state index in [-0.39, 0.29) is 22.7 Å². The molecule has 2 aliphatic heterocycles. The number of alkyl halides is 1. The molecule has 0 aromatic carbocycles. The first kappa shape index (κ1) is 17.3. The number of rotatable bonds is 4. The van der Waals surface area contributed by atoms with Crippen LogP contribution >= 0.6 is 11.3 Å². The van der Waals surface area contributed by atoms with Crippen LogP contribution in [0.15, 0.2) is 16.3 Å². The standard InChI is InChI=1S/C14H17FN2O5S2/c15-14(13(19)20)4-7-16(9-14)12(18)11-10(3-8-23-11)24(21,22)17-5-1-2-6-17/h3,8H,1-2,4-7,9H2,(H,19,20). The molecule has 1 aromatic heterocycles. The molecule has 0 bridgehead atoms. The number of carbonyl (C=O) groups is 2. The van der Waals surface area contributed by atoms with Crippen molar-refractivity contribution in [2.24, 2.45) is 0 Å². The van der Waals surface area contributed by atoms with E-state index in [2.05, 4.69) is 0 Å². The second-order valence-corrected chi connectivity index (χ2v) is 8.79. The molecule has 2 saturated heterocycles. The summed E-state index contributed by atoms with van der Waals surface area (Å²) >= 11 is 0.972. The summed E-state index contributed by atoms with van der Waals surface area (Å²) in [7, 11) is -3.76. The highest BCUT2D eigenvalue weighted by atomic mass is 32.2. The fourth-order valence-corrected chi connectivity index (χ4v) is 5.87. The molecule has 1 aromatic rings. The van der Waals surface area contributed by atoms with E-state index in [1.54, 1.807) is 0 Å². The van der Waals surface area contributed by atoms with Crippen molar-refractivity contribution >= 4 is 33.2 Å². The minimum absolute atomic E-state index is 0.0107. The van der Waals surface area contributed by atoms with Crippen molar-refractivity contribution in [3.63, 3.8) is 0 Å². The maximum atomic E-state index is 14.2. The first-order chi connectivity index (χ1) is 11.3. The lowest BCUT2D eigenvalue weighted by Crippen LogP contribution is -2.39. The number of sulfonamides is 1. The Morgan fingerprint density at radius 2 is 1.92 bits per heavy atom. The van der Waals surface area contributed by atoms with Gasteiger partial charge >= 0.3 is 5.97 Å². The molecule has 1 unspecified atom stereocenters. The number of hydrogen-bond donors (Lipinski definition) is 1. The number of carboxylic acid groups (broad SMARTS) is 1. The molecule has 0 saturated carbocycles. The summed E-state index contributed by atoms with van der Waals surface area (Å²) in [5, 5.41) is 10.4. The van der Waals surface area contributed by atoms with Crippen LogP contribution in [0.1, 0.15) is 28.9 Å². The van der Waals surface area contributed by atoms with Gasteiger partial charge in [-0.05, 0) is 24.3 Å². The molecule has 10 heteroatoms. The normalized spacial score (nSPS) is 25.3. The molecule has 0 aliphatic carbocycles. The molecule has 3 heterocycles. The summed E-state index contributed by atoms with van der Waals surface area (Å²) < 4.78 is 40.8. The van der Waals surface area contributed by atoms with Gasteiger partial charge in [-0.2, -0.15) is 4.31 Å². The molecule has 2 fully saturated rings. The fraction of sp³-hybridized carbons (Fsp3) is 0.571. The predicted octanol–water partition coefficient (Wildman–Crippen LogP) is 1.17. The molecule has 3 rings (SSSR count). The number of carboxylic acids is 1. The van der Waals surface area contributed by atoms with Gasteiger partial charge in [-0.15, -0.1) is 11.3 Å². The third-order valence-corrected chi connectivity index (χ3v) is 7.37. The number of amides is 1. The van der Waals surface area contributed by atoms with Gasteiger partial charge in [-0.3, -0.25) is 4.79 Å². The van der Waals surface area contributed by atoms with Crippen LogP contribution in [0.2, 0.25) is 0 Å². The Bertz CT molecular complexity index is 772. The van der Waals surface area contributed by atoms with E-state index in [0.29, 0.717) is 13.1 Å². The second kappa shape index (κ2) is 6.08. The molecule has 132 valence electrons. The Balaban J connectivity index is 1.86. The topological polar surface area (TPSA) is 95.0 Å².